The standard InChI is InChI=1S/C5H10N2/c1-3-5-7-6-4-2/h4-5H,3H2,1-2H3/b6-4-,7-5+. The van der Waals surface area contributed by atoms with Gasteiger partial charge < -0.3 is 0 Å². The molecular formula is C5H10N2. The predicted octanol–water partition coefficient (Wildman–Crippen LogP) is 1.47. The van der Waals surface area contributed by atoms with E-state index in [-0.39, 0.29) is 0 Å². The molecule has 0 heterocycles. The van der Waals surface area contributed by atoms with Crippen LogP contribution in [0.5, 0.6) is 0 Å². The SMILES string of the molecule is C/C=N\N=C\CC. The number of hydrogen-bond acceptors (Lipinski definition) is 2. The maximum atomic E-state index is 3.65. The van der Waals surface area contributed by atoms with Gasteiger partial charge in [0.25, 0.3) is 0 Å². The second kappa shape index (κ2) is 5.34. The normalized spacial score (nSPS) is 11.7. The van der Waals surface area contributed by atoms with E-state index in [1.807, 2.05) is 13.8 Å². The molecule has 0 saturated carbocycles. The van der Waals surface area contributed by atoms with Crippen LogP contribution in [0.1, 0.15) is 20.3 Å². The highest BCUT2D eigenvalue weighted by molar-refractivity contribution is 5.59. The highest BCUT2D eigenvalue weighted by atomic mass is 15.2. The second-order valence-electron chi connectivity index (χ2n) is 1.08. The Labute approximate surface area is 44.0 Å². The number of rotatable bonds is 2. The minimum Gasteiger partial charge on any atom is -0.164 e. The van der Waals surface area contributed by atoms with Gasteiger partial charge in [-0.1, -0.05) is 6.92 Å². The van der Waals surface area contributed by atoms with E-state index in [0.29, 0.717) is 0 Å². The van der Waals surface area contributed by atoms with E-state index in [2.05, 4.69) is 10.2 Å². The van der Waals surface area contributed by atoms with E-state index >= 15 is 0 Å². The summed E-state index contributed by atoms with van der Waals surface area (Å²) in [5.41, 5.74) is 0. The molecule has 7 heavy (non-hydrogen) atoms. The lowest BCUT2D eigenvalue weighted by Gasteiger charge is -1.70. The van der Waals surface area contributed by atoms with Crippen molar-refractivity contribution in [2.24, 2.45) is 10.2 Å². The Morgan fingerprint density at radius 3 is 2.57 bits per heavy atom. The zero-order valence-corrected chi connectivity index (χ0v) is 4.76. The van der Waals surface area contributed by atoms with Crippen molar-refractivity contribution >= 4 is 12.4 Å². The van der Waals surface area contributed by atoms with E-state index in [1.165, 1.54) is 0 Å². The quantitative estimate of drug-likeness (QED) is 0.369. The van der Waals surface area contributed by atoms with Crippen LogP contribution in [-0.2, 0) is 0 Å². The Kier molecular flexibility index (Phi) is 4.84. The van der Waals surface area contributed by atoms with E-state index in [1.54, 1.807) is 12.4 Å². The zero-order chi connectivity index (χ0) is 5.54. The van der Waals surface area contributed by atoms with Crippen LogP contribution in [0.2, 0.25) is 0 Å². The third-order valence-corrected chi connectivity index (χ3v) is 0.446. The summed E-state index contributed by atoms with van der Waals surface area (Å²) in [6.07, 6.45) is 4.38. The van der Waals surface area contributed by atoms with Crippen molar-refractivity contribution in [3.05, 3.63) is 0 Å². The van der Waals surface area contributed by atoms with E-state index in [9.17, 15) is 0 Å². The van der Waals surface area contributed by atoms with Crippen molar-refractivity contribution in [1.82, 2.24) is 0 Å². The van der Waals surface area contributed by atoms with Gasteiger partial charge in [-0.2, -0.15) is 10.2 Å². The van der Waals surface area contributed by atoms with Crippen LogP contribution in [0.15, 0.2) is 10.2 Å². The summed E-state index contributed by atoms with van der Waals surface area (Å²) in [7, 11) is 0. The van der Waals surface area contributed by atoms with Crippen molar-refractivity contribution < 1.29 is 0 Å². The molecular weight excluding hydrogens is 88.1 g/mol. The molecule has 0 aliphatic rings. The Morgan fingerprint density at radius 1 is 1.43 bits per heavy atom. The van der Waals surface area contributed by atoms with Gasteiger partial charge in [-0.05, 0) is 13.3 Å². The smallest absolute Gasteiger partial charge is 0.0267 e. The average Bonchev–Trinajstić information content (AvgIpc) is 1.69. The Bertz CT molecular complexity index is 74.1. The Balaban J connectivity index is 3.09. The lowest BCUT2D eigenvalue weighted by Crippen LogP contribution is -1.63. The van der Waals surface area contributed by atoms with Crippen molar-refractivity contribution in [3.8, 4) is 0 Å². The molecule has 40 valence electrons. The lowest BCUT2D eigenvalue weighted by molar-refractivity contribution is 1.21. The van der Waals surface area contributed by atoms with Gasteiger partial charge in [-0.25, -0.2) is 0 Å². The maximum Gasteiger partial charge on any atom is 0.0267 e. The monoisotopic (exact) mass is 98.1 g/mol. The lowest BCUT2D eigenvalue weighted by atomic mass is 10.6. The van der Waals surface area contributed by atoms with Gasteiger partial charge in [0, 0.05) is 12.4 Å². The zero-order valence-electron chi connectivity index (χ0n) is 4.76. The molecule has 2 heteroatoms. The van der Waals surface area contributed by atoms with Crippen molar-refractivity contribution in [2.75, 3.05) is 0 Å². The summed E-state index contributed by atoms with van der Waals surface area (Å²) in [5.74, 6) is 0. The molecule has 0 saturated heterocycles. The van der Waals surface area contributed by atoms with Gasteiger partial charge in [0.15, 0.2) is 0 Å². The third-order valence-electron chi connectivity index (χ3n) is 0.446. The van der Waals surface area contributed by atoms with Gasteiger partial charge in [0.2, 0.25) is 0 Å². The Hall–Kier alpha value is -0.660. The van der Waals surface area contributed by atoms with Crippen LogP contribution in [0.3, 0.4) is 0 Å². The van der Waals surface area contributed by atoms with E-state index < -0.39 is 0 Å². The van der Waals surface area contributed by atoms with Gasteiger partial charge in [-0.3, -0.25) is 0 Å². The highest BCUT2D eigenvalue weighted by Crippen LogP contribution is 1.68. The fourth-order valence-corrected chi connectivity index (χ4v) is 0.195. The molecule has 0 aromatic carbocycles. The van der Waals surface area contributed by atoms with Gasteiger partial charge in [-0.15, -0.1) is 0 Å². The van der Waals surface area contributed by atoms with E-state index in [0.717, 1.165) is 6.42 Å². The summed E-state index contributed by atoms with van der Waals surface area (Å²) < 4.78 is 0. The first kappa shape index (κ1) is 6.34. The number of hydrogen-bond donors (Lipinski definition) is 0. The molecule has 0 fully saturated rings. The molecule has 0 radical (unpaired) electrons. The topological polar surface area (TPSA) is 24.7 Å². The van der Waals surface area contributed by atoms with Crippen molar-refractivity contribution in [1.29, 1.82) is 0 Å². The number of nitrogens with zero attached hydrogens (tertiary/aromatic N) is 2. The van der Waals surface area contributed by atoms with Crippen LogP contribution in [-0.4, -0.2) is 12.4 Å². The molecule has 0 rings (SSSR count). The van der Waals surface area contributed by atoms with Crippen LogP contribution in [0, 0.1) is 0 Å². The first-order chi connectivity index (χ1) is 3.41. The second-order valence-corrected chi connectivity index (χ2v) is 1.08. The molecule has 0 atom stereocenters. The summed E-state index contributed by atoms with van der Waals surface area (Å²) in [5, 5.41) is 7.26. The van der Waals surface area contributed by atoms with Crippen molar-refractivity contribution in [2.45, 2.75) is 20.3 Å². The molecule has 0 spiro atoms. The van der Waals surface area contributed by atoms with E-state index in [4.69, 9.17) is 0 Å². The highest BCUT2D eigenvalue weighted by Gasteiger charge is 1.58. The summed E-state index contributed by atoms with van der Waals surface area (Å²) >= 11 is 0. The summed E-state index contributed by atoms with van der Waals surface area (Å²) in [6, 6.07) is 0. The van der Waals surface area contributed by atoms with Crippen LogP contribution in [0.4, 0.5) is 0 Å². The fourth-order valence-electron chi connectivity index (χ4n) is 0.195. The molecule has 0 amide bonds. The van der Waals surface area contributed by atoms with Gasteiger partial charge in [0.05, 0.1) is 0 Å². The molecule has 0 aliphatic heterocycles. The van der Waals surface area contributed by atoms with Gasteiger partial charge in [0.1, 0.15) is 0 Å². The first-order valence-corrected chi connectivity index (χ1v) is 2.41. The average molecular weight is 98.1 g/mol. The van der Waals surface area contributed by atoms with Crippen molar-refractivity contribution in [3.63, 3.8) is 0 Å². The third kappa shape index (κ3) is 5.34. The fraction of sp³-hybridized carbons (Fsp3) is 0.600. The largest absolute Gasteiger partial charge is 0.164 e. The molecule has 0 unspecified atom stereocenters. The summed E-state index contributed by atoms with van der Waals surface area (Å²) in [4.78, 5) is 0. The molecule has 0 aliphatic carbocycles. The summed E-state index contributed by atoms with van der Waals surface area (Å²) in [6.45, 7) is 3.86. The van der Waals surface area contributed by atoms with Gasteiger partial charge >= 0.3 is 0 Å². The molecule has 0 N–H and O–H groups in total. The predicted molar refractivity (Wildman–Crippen MR) is 32.9 cm³/mol. The molecule has 0 aromatic heterocycles. The van der Waals surface area contributed by atoms with Crippen LogP contribution < -0.4 is 0 Å². The molecule has 0 bridgehead atoms. The maximum absolute atomic E-state index is 3.65. The minimum absolute atomic E-state index is 0.956. The minimum atomic E-state index is 0.956. The Morgan fingerprint density at radius 2 is 2.14 bits per heavy atom. The van der Waals surface area contributed by atoms with Crippen LogP contribution >= 0.6 is 0 Å². The molecule has 2 nitrogen and oxygen atoms in total. The van der Waals surface area contributed by atoms with Crippen LogP contribution in [0.25, 0.3) is 0 Å². The molecule has 0 aromatic rings. The first-order valence-electron chi connectivity index (χ1n) is 2.41.